The van der Waals surface area contributed by atoms with E-state index in [0.29, 0.717) is 0 Å². The predicted molar refractivity (Wildman–Crippen MR) is 69.5 cm³/mol. The molecule has 1 aromatic rings. The Morgan fingerprint density at radius 1 is 1.06 bits per heavy atom. The van der Waals surface area contributed by atoms with Crippen LogP contribution in [0.25, 0.3) is 0 Å². The topological polar surface area (TPSA) is 74.6 Å². The van der Waals surface area contributed by atoms with E-state index in [0.717, 1.165) is 11.0 Å². The molecule has 0 aliphatic heterocycles. The van der Waals surface area contributed by atoms with E-state index in [1.54, 1.807) is 0 Å². The van der Waals surface area contributed by atoms with Crippen molar-refractivity contribution >= 4 is 29.3 Å². The minimum atomic E-state index is -4.67. The number of nitrogens with zero attached hydrogens (tertiary/aromatic N) is 1. The summed E-state index contributed by atoms with van der Waals surface area (Å²) in [6.07, 6.45) is 0. The van der Waals surface area contributed by atoms with Crippen molar-refractivity contribution in [1.82, 2.24) is 0 Å². The summed E-state index contributed by atoms with van der Waals surface area (Å²) < 4.78 is 32.6. The zero-order chi connectivity index (χ0) is 12.8. The summed E-state index contributed by atoms with van der Waals surface area (Å²) in [5.41, 5.74) is 1.40. The molecule has 2 N–H and O–H groups in total. The molecular weight excluding hydrogens is 237 g/mol. The van der Waals surface area contributed by atoms with Gasteiger partial charge in [-0.3, -0.25) is 9.11 Å². The molecule has 0 radical (unpaired) electrons. The molecule has 0 atom stereocenters. The fourth-order valence-corrected chi connectivity index (χ4v) is 1.13. The Labute approximate surface area is 115 Å². The van der Waals surface area contributed by atoms with Gasteiger partial charge in [-0.2, -0.15) is 8.42 Å². The molecule has 0 amide bonds. The van der Waals surface area contributed by atoms with Gasteiger partial charge in [0.25, 0.3) is 0 Å². The Morgan fingerprint density at radius 3 is 1.71 bits per heavy atom. The fourth-order valence-electron chi connectivity index (χ4n) is 1.13. The van der Waals surface area contributed by atoms with Crippen molar-refractivity contribution in [2.24, 2.45) is 0 Å². The van der Waals surface area contributed by atoms with E-state index in [4.69, 9.17) is 17.5 Å². The molecule has 0 aromatic heterocycles. The Bertz CT molecular complexity index is 392. The van der Waals surface area contributed by atoms with Crippen molar-refractivity contribution in [3.8, 4) is 0 Å². The van der Waals surface area contributed by atoms with Crippen LogP contribution in [0, 0.1) is 0 Å². The fraction of sp³-hybridized carbons (Fsp3) is 0.400. The third kappa shape index (κ3) is 18.2. The molecule has 94 valence electrons. The van der Waals surface area contributed by atoms with Crippen molar-refractivity contribution in [3.63, 3.8) is 0 Å². The Balaban J connectivity index is 0. The number of benzene rings is 1. The van der Waals surface area contributed by atoms with E-state index in [2.05, 4.69) is 51.5 Å². The molecule has 0 bridgehead atoms. The van der Waals surface area contributed by atoms with Crippen LogP contribution in [0.5, 0.6) is 0 Å². The molecular formula is C10H19LiNO4S+. The summed E-state index contributed by atoms with van der Waals surface area (Å²) >= 11 is 0. The second-order valence-corrected chi connectivity index (χ2v) is 5.28. The zero-order valence-corrected chi connectivity index (χ0v) is 10.5. The van der Waals surface area contributed by atoms with Crippen LogP contribution >= 0.6 is 0 Å². The quantitative estimate of drug-likeness (QED) is 0.461. The summed E-state index contributed by atoms with van der Waals surface area (Å²) in [7, 11) is 1.94. The summed E-state index contributed by atoms with van der Waals surface area (Å²) in [5.74, 6) is 0. The van der Waals surface area contributed by atoms with Crippen LogP contribution in [0.3, 0.4) is 0 Å². The van der Waals surface area contributed by atoms with Gasteiger partial charge in [-0.25, -0.2) is 0 Å². The zero-order valence-electron chi connectivity index (χ0n) is 9.66. The molecule has 0 aliphatic rings. The maximum absolute atomic E-state index is 8.74. The first kappa shape index (κ1) is 19.0. The van der Waals surface area contributed by atoms with E-state index in [1.165, 1.54) is 5.56 Å². The second kappa shape index (κ2) is 7.87. The van der Waals surface area contributed by atoms with E-state index >= 15 is 0 Å². The summed E-state index contributed by atoms with van der Waals surface area (Å²) in [5, 5.41) is 0. The average molecular weight is 256 g/mol. The van der Waals surface area contributed by atoms with Crippen LogP contribution in [0.1, 0.15) is 5.56 Å². The van der Waals surface area contributed by atoms with E-state index in [1.807, 2.05) is 0 Å². The predicted octanol–water partition coefficient (Wildman–Crippen LogP) is 0.592. The summed E-state index contributed by atoms with van der Waals surface area (Å²) in [6, 6.07) is 10.6. The van der Waals surface area contributed by atoms with Crippen molar-refractivity contribution < 1.29 is 22.0 Å². The van der Waals surface area contributed by atoms with Crippen LogP contribution in [0.4, 0.5) is 0 Å². The summed E-state index contributed by atoms with van der Waals surface area (Å²) in [4.78, 5) is 0. The van der Waals surface area contributed by atoms with Gasteiger partial charge in [0.05, 0.1) is 21.1 Å². The molecule has 0 fully saturated rings. The van der Waals surface area contributed by atoms with E-state index < -0.39 is 10.4 Å². The van der Waals surface area contributed by atoms with Crippen LogP contribution in [0.15, 0.2) is 30.3 Å². The number of hydrogen-bond acceptors (Lipinski definition) is 2. The standard InChI is InChI=1S/C10H16N.Li.H2O4S.H/c1-11(2,3)9-10-7-5-4-6-8-10;;1-5(2,3)4;/h4-8H,9H2,1-3H3;;(H2,1,2,3,4);/q+1;;;. The number of quaternary nitrogens is 1. The van der Waals surface area contributed by atoms with Crippen LogP contribution in [-0.2, 0) is 16.9 Å². The maximum atomic E-state index is 8.74. The van der Waals surface area contributed by atoms with Gasteiger partial charge in [0.2, 0.25) is 0 Å². The molecule has 17 heavy (non-hydrogen) atoms. The van der Waals surface area contributed by atoms with E-state index in [9.17, 15) is 0 Å². The van der Waals surface area contributed by atoms with Gasteiger partial charge in [0, 0.05) is 5.56 Å². The first-order valence-corrected chi connectivity index (χ1v) is 6.02. The average Bonchev–Trinajstić information content (AvgIpc) is 1.99. The number of hydrogen-bond donors (Lipinski definition) is 2. The SMILES string of the molecule is C[N+](C)(C)Cc1ccccc1.O=S(=O)(O)O.[LiH]. The normalized spacial score (nSPS) is 10.9. The van der Waals surface area contributed by atoms with Crippen LogP contribution in [-0.4, -0.2) is 62.0 Å². The third-order valence-electron chi connectivity index (χ3n) is 1.50. The molecule has 0 heterocycles. The van der Waals surface area contributed by atoms with Gasteiger partial charge in [0.1, 0.15) is 6.54 Å². The third-order valence-corrected chi connectivity index (χ3v) is 1.50. The monoisotopic (exact) mass is 256 g/mol. The molecule has 7 heteroatoms. The van der Waals surface area contributed by atoms with Gasteiger partial charge in [-0.05, 0) is 0 Å². The molecule has 0 spiro atoms. The van der Waals surface area contributed by atoms with Gasteiger partial charge < -0.3 is 4.48 Å². The first-order chi connectivity index (χ1) is 7.08. The Kier molecular flexibility index (Phi) is 8.80. The molecule has 1 aromatic carbocycles. The van der Waals surface area contributed by atoms with Crippen LogP contribution < -0.4 is 0 Å². The Morgan fingerprint density at radius 2 is 1.41 bits per heavy atom. The van der Waals surface area contributed by atoms with Gasteiger partial charge in [-0.15, -0.1) is 0 Å². The molecule has 0 aliphatic carbocycles. The van der Waals surface area contributed by atoms with Crippen molar-refractivity contribution in [2.45, 2.75) is 6.54 Å². The Hall–Kier alpha value is -0.353. The molecule has 5 nitrogen and oxygen atoms in total. The molecule has 1 rings (SSSR count). The van der Waals surface area contributed by atoms with Crippen molar-refractivity contribution in [1.29, 1.82) is 0 Å². The second-order valence-electron chi connectivity index (χ2n) is 4.38. The number of rotatable bonds is 2. The minimum absolute atomic E-state index is 0. The summed E-state index contributed by atoms with van der Waals surface area (Å²) in [6.45, 7) is 1.10. The van der Waals surface area contributed by atoms with Crippen molar-refractivity contribution in [3.05, 3.63) is 35.9 Å². The van der Waals surface area contributed by atoms with Gasteiger partial charge >= 0.3 is 29.3 Å². The molecule has 0 saturated carbocycles. The first-order valence-electron chi connectivity index (χ1n) is 4.62. The molecule has 0 saturated heterocycles. The van der Waals surface area contributed by atoms with Crippen LogP contribution in [0.2, 0.25) is 0 Å². The molecule has 0 unspecified atom stereocenters. The van der Waals surface area contributed by atoms with E-state index in [-0.39, 0.29) is 18.9 Å². The van der Waals surface area contributed by atoms with Gasteiger partial charge in [-0.1, -0.05) is 30.3 Å². The van der Waals surface area contributed by atoms with Gasteiger partial charge in [0.15, 0.2) is 0 Å². The van der Waals surface area contributed by atoms with Crippen molar-refractivity contribution in [2.75, 3.05) is 21.1 Å².